The Labute approximate surface area is 152 Å². The van der Waals surface area contributed by atoms with Crippen molar-refractivity contribution >= 4 is 30.7 Å². The van der Waals surface area contributed by atoms with Gasteiger partial charge in [-0.15, -0.1) is 24.8 Å². The van der Waals surface area contributed by atoms with Crippen molar-refractivity contribution in [1.29, 1.82) is 0 Å². The number of fused-ring (bicyclic) bond motifs is 2. The molecule has 0 aromatic rings. The van der Waals surface area contributed by atoms with Crippen molar-refractivity contribution in [2.75, 3.05) is 40.4 Å². The number of nitrogens with one attached hydrogen (secondary N) is 1. The third-order valence-electron chi connectivity index (χ3n) is 5.25. The molecule has 138 valence electrons. The fourth-order valence-corrected chi connectivity index (χ4v) is 3.88. The Balaban J connectivity index is 0.00000242. The summed E-state index contributed by atoms with van der Waals surface area (Å²) in [6.45, 7) is 3.22. The van der Waals surface area contributed by atoms with Crippen LogP contribution in [0.5, 0.6) is 0 Å². The van der Waals surface area contributed by atoms with Crippen molar-refractivity contribution in [3.8, 4) is 0 Å². The van der Waals surface area contributed by atoms with Gasteiger partial charge in [0, 0.05) is 38.7 Å². The number of halogens is 2. The Morgan fingerprint density at radius 2 is 1.83 bits per heavy atom. The maximum absolute atomic E-state index is 12.3. The second kappa shape index (κ2) is 11.5. The van der Waals surface area contributed by atoms with Crippen molar-refractivity contribution in [1.82, 2.24) is 10.2 Å². The van der Waals surface area contributed by atoms with Crippen LogP contribution < -0.4 is 11.1 Å². The van der Waals surface area contributed by atoms with Crippen LogP contribution in [0, 0.1) is 17.8 Å². The van der Waals surface area contributed by atoms with Gasteiger partial charge in [-0.1, -0.05) is 6.42 Å². The maximum atomic E-state index is 12.3. The van der Waals surface area contributed by atoms with Gasteiger partial charge in [0.25, 0.3) is 0 Å². The molecule has 0 spiro atoms. The normalized spacial score (nSPS) is 29.4. The summed E-state index contributed by atoms with van der Waals surface area (Å²) in [4.78, 5) is 14.5. The van der Waals surface area contributed by atoms with Crippen LogP contribution in [0.2, 0.25) is 0 Å². The predicted molar refractivity (Wildman–Crippen MR) is 98.4 cm³/mol. The van der Waals surface area contributed by atoms with Crippen molar-refractivity contribution in [3.05, 3.63) is 0 Å². The summed E-state index contributed by atoms with van der Waals surface area (Å²) in [7, 11) is 3.76. The highest BCUT2D eigenvalue weighted by Gasteiger charge is 2.40. The Kier molecular flexibility index (Phi) is 11.4. The molecular weight excluding hydrogens is 337 g/mol. The molecule has 0 radical (unpaired) electrons. The highest BCUT2D eigenvalue weighted by atomic mass is 35.5. The van der Waals surface area contributed by atoms with Crippen LogP contribution in [0.3, 0.4) is 0 Å². The van der Waals surface area contributed by atoms with E-state index in [1.54, 1.807) is 7.11 Å². The topological polar surface area (TPSA) is 67.6 Å². The van der Waals surface area contributed by atoms with Crippen molar-refractivity contribution in [2.45, 2.75) is 38.1 Å². The predicted octanol–water partition coefficient (Wildman–Crippen LogP) is 1.68. The molecular formula is C16H33Cl2N3O2. The molecule has 5 nitrogen and oxygen atoms in total. The Morgan fingerprint density at radius 3 is 2.39 bits per heavy atom. The maximum Gasteiger partial charge on any atom is 0.223 e. The van der Waals surface area contributed by atoms with Gasteiger partial charge in [-0.2, -0.15) is 0 Å². The first-order valence-electron chi connectivity index (χ1n) is 8.32. The fourth-order valence-electron chi connectivity index (χ4n) is 3.88. The van der Waals surface area contributed by atoms with Crippen LogP contribution in [-0.2, 0) is 9.53 Å². The van der Waals surface area contributed by atoms with Crippen LogP contribution in [0.1, 0.15) is 32.1 Å². The van der Waals surface area contributed by atoms with Gasteiger partial charge in [-0.05, 0) is 44.6 Å². The first kappa shape index (κ1) is 22.9. The summed E-state index contributed by atoms with van der Waals surface area (Å²) in [5, 5.41) is 3.10. The number of amides is 1. The standard InChI is InChI=1S/C16H31N3O2.2ClH/c1-19(8-9-21-2)7-6-18-16(20)14-10-12-4-3-5-13(11-14)15(12)17;;/h12-15H,3-11,17H2,1-2H3,(H,18,20);2*1H. The number of rotatable bonds is 7. The summed E-state index contributed by atoms with van der Waals surface area (Å²) >= 11 is 0. The number of hydrogen-bond acceptors (Lipinski definition) is 4. The minimum absolute atomic E-state index is 0. The van der Waals surface area contributed by atoms with Crippen LogP contribution in [-0.4, -0.2) is 57.2 Å². The van der Waals surface area contributed by atoms with Crippen molar-refractivity contribution in [3.63, 3.8) is 0 Å². The molecule has 2 aliphatic rings. The van der Waals surface area contributed by atoms with Crippen LogP contribution in [0.4, 0.5) is 0 Å². The lowest BCUT2D eigenvalue weighted by molar-refractivity contribution is -0.127. The van der Waals surface area contributed by atoms with Gasteiger partial charge < -0.3 is 20.7 Å². The molecule has 2 rings (SSSR count). The van der Waals surface area contributed by atoms with Gasteiger partial charge in [0.2, 0.25) is 5.91 Å². The molecule has 2 aliphatic carbocycles. The average molecular weight is 370 g/mol. The summed E-state index contributed by atoms with van der Waals surface area (Å²) in [5.74, 6) is 1.55. The summed E-state index contributed by atoms with van der Waals surface area (Å²) < 4.78 is 5.05. The summed E-state index contributed by atoms with van der Waals surface area (Å²) in [6.07, 6.45) is 5.69. The van der Waals surface area contributed by atoms with E-state index in [-0.39, 0.29) is 36.6 Å². The second-order valence-corrected chi connectivity index (χ2v) is 6.78. The number of carbonyl (C=O) groups is 1. The van der Waals surface area contributed by atoms with E-state index in [2.05, 4.69) is 17.3 Å². The van der Waals surface area contributed by atoms with E-state index in [1.165, 1.54) is 19.3 Å². The highest BCUT2D eigenvalue weighted by molar-refractivity contribution is 5.85. The van der Waals surface area contributed by atoms with Gasteiger partial charge in [0.05, 0.1) is 6.61 Å². The SMILES string of the molecule is COCCN(C)CCNC(=O)C1CC2CCCC(C1)C2N.Cl.Cl. The van der Waals surface area contributed by atoms with Crippen LogP contribution >= 0.6 is 24.8 Å². The average Bonchev–Trinajstić information content (AvgIpc) is 2.44. The highest BCUT2D eigenvalue weighted by Crippen LogP contribution is 2.41. The number of nitrogens with two attached hydrogens (primary N) is 1. The van der Waals surface area contributed by atoms with Gasteiger partial charge >= 0.3 is 0 Å². The second-order valence-electron chi connectivity index (χ2n) is 6.78. The third kappa shape index (κ3) is 6.75. The van der Waals surface area contributed by atoms with E-state index in [0.29, 0.717) is 17.9 Å². The zero-order valence-electron chi connectivity index (χ0n) is 14.3. The van der Waals surface area contributed by atoms with E-state index in [4.69, 9.17) is 10.5 Å². The third-order valence-corrected chi connectivity index (χ3v) is 5.25. The molecule has 0 aromatic heterocycles. The first-order chi connectivity index (χ1) is 10.1. The van der Waals surface area contributed by atoms with Crippen molar-refractivity contribution < 1.29 is 9.53 Å². The molecule has 1 amide bonds. The molecule has 0 heterocycles. The minimum atomic E-state index is 0. The van der Waals surface area contributed by atoms with E-state index in [0.717, 1.165) is 39.1 Å². The first-order valence-corrected chi connectivity index (χ1v) is 8.32. The molecule has 7 heteroatoms. The lowest BCUT2D eigenvalue weighted by Crippen LogP contribution is -2.49. The van der Waals surface area contributed by atoms with Gasteiger partial charge in [0.15, 0.2) is 0 Å². The molecule has 2 atom stereocenters. The molecule has 3 N–H and O–H groups in total. The molecule has 2 bridgehead atoms. The Bertz CT molecular complexity index is 333. The number of methoxy groups -OCH3 is 1. The van der Waals surface area contributed by atoms with Crippen LogP contribution in [0.25, 0.3) is 0 Å². The van der Waals surface area contributed by atoms with Gasteiger partial charge in [0.1, 0.15) is 0 Å². The monoisotopic (exact) mass is 369 g/mol. The molecule has 2 unspecified atom stereocenters. The smallest absolute Gasteiger partial charge is 0.223 e. The zero-order valence-corrected chi connectivity index (χ0v) is 16.0. The van der Waals surface area contributed by atoms with Crippen LogP contribution in [0.15, 0.2) is 0 Å². The molecule has 2 fully saturated rings. The minimum Gasteiger partial charge on any atom is -0.383 e. The zero-order chi connectivity index (χ0) is 15.2. The van der Waals surface area contributed by atoms with Gasteiger partial charge in [-0.3, -0.25) is 4.79 Å². The number of carbonyl (C=O) groups excluding carboxylic acids is 1. The molecule has 0 aliphatic heterocycles. The summed E-state index contributed by atoms with van der Waals surface area (Å²) in [5.41, 5.74) is 6.28. The summed E-state index contributed by atoms with van der Waals surface area (Å²) in [6, 6.07) is 0.336. The Hall–Kier alpha value is -0.0700. The number of nitrogens with zero attached hydrogens (tertiary/aromatic N) is 1. The molecule has 23 heavy (non-hydrogen) atoms. The lowest BCUT2D eigenvalue weighted by Gasteiger charge is -2.43. The molecule has 0 saturated heterocycles. The number of ether oxygens (including phenoxy) is 1. The lowest BCUT2D eigenvalue weighted by atomic mass is 9.65. The van der Waals surface area contributed by atoms with E-state index < -0.39 is 0 Å². The Morgan fingerprint density at radius 1 is 1.22 bits per heavy atom. The molecule has 2 saturated carbocycles. The largest absolute Gasteiger partial charge is 0.383 e. The fraction of sp³-hybridized carbons (Fsp3) is 0.938. The van der Waals surface area contributed by atoms with E-state index >= 15 is 0 Å². The van der Waals surface area contributed by atoms with Gasteiger partial charge in [-0.25, -0.2) is 0 Å². The van der Waals surface area contributed by atoms with Crippen molar-refractivity contribution in [2.24, 2.45) is 23.5 Å². The number of hydrogen-bond donors (Lipinski definition) is 2. The van der Waals surface area contributed by atoms with E-state index in [1.807, 2.05) is 0 Å². The van der Waals surface area contributed by atoms with E-state index in [9.17, 15) is 4.79 Å². The number of likely N-dealkylation sites (N-methyl/N-ethyl adjacent to an activating group) is 1. The molecule has 0 aromatic carbocycles. The quantitative estimate of drug-likeness (QED) is 0.716.